The second-order valence-corrected chi connectivity index (χ2v) is 6.36. The van der Waals surface area contributed by atoms with Crippen molar-refractivity contribution in [2.75, 3.05) is 17.3 Å². The number of hydrogen-bond acceptors (Lipinski definition) is 8. The van der Waals surface area contributed by atoms with Crippen LogP contribution in [-0.4, -0.2) is 44.4 Å². The van der Waals surface area contributed by atoms with E-state index < -0.39 is 35.6 Å². The molecular weight excluding hydrogens is 457 g/mol. The topological polar surface area (TPSA) is 114 Å². The number of carbonyl (C=O) groups excluding carboxylic acids is 2. The number of halogens is 2. The molecule has 8 nitrogen and oxygen atoms in total. The van der Waals surface area contributed by atoms with Gasteiger partial charge in [-0.1, -0.05) is 41.5 Å². The van der Waals surface area contributed by atoms with Crippen molar-refractivity contribution in [3.8, 4) is 0 Å². The molecule has 0 saturated carbocycles. The van der Waals surface area contributed by atoms with Crippen molar-refractivity contribution < 1.29 is 23.5 Å². The van der Waals surface area contributed by atoms with E-state index >= 15 is 0 Å². The number of esters is 1. The van der Waals surface area contributed by atoms with E-state index in [0.717, 1.165) is 22.5 Å². The molecule has 1 fully saturated rings. The molecule has 11 heteroatoms. The number of nitrogens with zero attached hydrogens (tertiary/aromatic N) is 2. The summed E-state index contributed by atoms with van der Waals surface area (Å²) >= 11 is 3.93. The van der Waals surface area contributed by atoms with Crippen molar-refractivity contribution in [1.29, 1.82) is 0 Å². The molecule has 1 saturated heterocycles. The van der Waals surface area contributed by atoms with E-state index in [9.17, 15) is 18.8 Å². The number of nitrogen functional groups attached to an aromatic ring is 1. The van der Waals surface area contributed by atoms with Crippen LogP contribution in [-0.2, 0) is 19.1 Å². The molecule has 0 radical (unpaired) electrons. The highest BCUT2D eigenvalue weighted by Gasteiger charge is 2.29. The van der Waals surface area contributed by atoms with Gasteiger partial charge in [0.1, 0.15) is 6.23 Å². The monoisotopic (exact) mass is 483 g/mol. The number of nitrogens with two attached hydrogens (primary N) is 1. The first kappa shape index (κ1) is 26.5. The van der Waals surface area contributed by atoms with Crippen LogP contribution in [0.2, 0.25) is 0 Å². The van der Waals surface area contributed by atoms with Crippen molar-refractivity contribution in [2.24, 2.45) is 0 Å². The lowest BCUT2D eigenvalue weighted by atomic mass is 10.2. The van der Waals surface area contributed by atoms with Crippen molar-refractivity contribution in [2.45, 2.75) is 59.0 Å². The molecule has 3 unspecified atom stereocenters. The minimum Gasteiger partial charge on any atom is -0.454 e. The lowest BCUT2D eigenvalue weighted by molar-refractivity contribution is -0.149. The van der Waals surface area contributed by atoms with Gasteiger partial charge in [-0.15, -0.1) is 0 Å². The summed E-state index contributed by atoms with van der Waals surface area (Å²) in [4.78, 5) is 37.8. The fraction of sp³-hybridized carbons (Fsp3) is 0.647. The summed E-state index contributed by atoms with van der Waals surface area (Å²) in [5.74, 6) is 0.395. The van der Waals surface area contributed by atoms with Crippen LogP contribution in [0.4, 0.5) is 10.2 Å². The van der Waals surface area contributed by atoms with Crippen LogP contribution in [0, 0.1) is 5.82 Å². The average Bonchev–Trinajstić information content (AvgIpc) is 3.14. The summed E-state index contributed by atoms with van der Waals surface area (Å²) in [5, 5.41) is -0.283. The Morgan fingerprint density at radius 3 is 2.64 bits per heavy atom. The largest absolute Gasteiger partial charge is 0.454 e. The molecule has 0 aliphatic carbocycles. The highest BCUT2D eigenvalue weighted by Crippen LogP contribution is 2.29. The molecule has 0 aromatic carbocycles. The second-order valence-electron chi connectivity index (χ2n) is 5.34. The van der Waals surface area contributed by atoms with Gasteiger partial charge in [-0.2, -0.15) is 4.98 Å². The van der Waals surface area contributed by atoms with Gasteiger partial charge in [0.05, 0.1) is 12.3 Å². The zero-order valence-corrected chi connectivity index (χ0v) is 19.0. The fourth-order valence-electron chi connectivity index (χ4n) is 2.27. The minimum atomic E-state index is -0.831. The predicted octanol–water partition coefficient (Wildman–Crippen LogP) is 2.89. The summed E-state index contributed by atoms with van der Waals surface area (Å²) in [5.41, 5.74) is 4.55. The lowest BCUT2D eigenvalue weighted by Gasteiger charge is -2.16. The van der Waals surface area contributed by atoms with Gasteiger partial charge in [0.2, 0.25) is 5.12 Å². The Hall–Kier alpha value is -1.46. The average molecular weight is 484 g/mol. The van der Waals surface area contributed by atoms with E-state index in [4.69, 9.17) is 15.2 Å². The van der Waals surface area contributed by atoms with Crippen LogP contribution < -0.4 is 11.4 Å². The summed E-state index contributed by atoms with van der Waals surface area (Å²) < 4.78 is 25.0. The Balaban J connectivity index is 0.00000171. The van der Waals surface area contributed by atoms with E-state index in [1.807, 2.05) is 19.7 Å². The van der Waals surface area contributed by atoms with E-state index in [1.165, 1.54) is 13.8 Å². The highest BCUT2D eigenvalue weighted by molar-refractivity contribution is 9.08. The van der Waals surface area contributed by atoms with E-state index in [2.05, 4.69) is 20.9 Å². The van der Waals surface area contributed by atoms with Gasteiger partial charge >= 0.3 is 11.7 Å². The SMILES string of the molecule is CBr.CC.CC(=O)OC(C)C(=O)SCC1CCC(n2cc(F)c(N)nc2=O)O1. The number of hydrogen-bond donors (Lipinski definition) is 1. The van der Waals surface area contributed by atoms with Gasteiger partial charge in [-0.05, 0) is 25.6 Å². The summed E-state index contributed by atoms with van der Waals surface area (Å²) in [6, 6.07) is 0. The molecule has 3 atom stereocenters. The number of alkyl halides is 1. The number of rotatable bonds is 5. The van der Waals surface area contributed by atoms with Gasteiger partial charge < -0.3 is 15.2 Å². The Morgan fingerprint density at radius 2 is 2.07 bits per heavy atom. The maximum atomic E-state index is 13.5. The zero-order valence-electron chi connectivity index (χ0n) is 16.6. The first-order valence-corrected chi connectivity index (χ1v) is 11.3. The van der Waals surface area contributed by atoms with Crippen LogP contribution in [0.5, 0.6) is 0 Å². The van der Waals surface area contributed by atoms with Crippen molar-refractivity contribution in [3.63, 3.8) is 0 Å². The Bertz CT molecular complexity index is 704. The maximum Gasteiger partial charge on any atom is 0.351 e. The third kappa shape index (κ3) is 8.27. The summed E-state index contributed by atoms with van der Waals surface area (Å²) in [6.07, 6.45) is 0.309. The number of ether oxygens (including phenoxy) is 2. The van der Waals surface area contributed by atoms with Gasteiger partial charge in [0.15, 0.2) is 17.7 Å². The van der Waals surface area contributed by atoms with E-state index in [-0.39, 0.29) is 11.2 Å². The van der Waals surface area contributed by atoms with Crippen molar-refractivity contribution in [3.05, 3.63) is 22.5 Å². The Labute approximate surface area is 176 Å². The highest BCUT2D eigenvalue weighted by atomic mass is 79.9. The van der Waals surface area contributed by atoms with Gasteiger partial charge in [0.25, 0.3) is 0 Å². The smallest absolute Gasteiger partial charge is 0.351 e. The van der Waals surface area contributed by atoms with E-state index in [0.29, 0.717) is 18.6 Å². The molecule has 0 spiro atoms. The summed E-state index contributed by atoms with van der Waals surface area (Å²) in [7, 11) is 0. The minimum absolute atomic E-state index is 0.277. The molecule has 1 aliphatic heterocycles. The van der Waals surface area contributed by atoms with Crippen molar-refractivity contribution >= 4 is 44.6 Å². The molecule has 1 aliphatic rings. The fourth-order valence-corrected chi connectivity index (χ4v) is 3.15. The first-order valence-electron chi connectivity index (χ1n) is 8.69. The van der Waals surface area contributed by atoms with E-state index in [1.54, 1.807) is 0 Å². The van der Waals surface area contributed by atoms with Crippen LogP contribution in [0.1, 0.15) is 46.8 Å². The maximum absolute atomic E-state index is 13.5. The first-order chi connectivity index (χ1) is 13.3. The van der Waals surface area contributed by atoms with Gasteiger partial charge in [0, 0.05) is 12.7 Å². The predicted molar refractivity (Wildman–Crippen MR) is 111 cm³/mol. The van der Waals surface area contributed by atoms with Crippen molar-refractivity contribution in [1.82, 2.24) is 9.55 Å². The number of carbonyl (C=O) groups is 2. The van der Waals surface area contributed by atoms with Gasteiger partial charge in [-0.25, -0.2) is 9.18 Å². The second kappa shape index (κ2) is 13.7. The molecule has 28 heavy (non-hydrogen) atoms. The van der Waals surface area contributed by atoms with Crippen LogP contribution in [0.3, 0.4) is 0 Å². The molecule has 160 valence electrons. The number of anilines is 1. The molecule has 0 amide bonds. The zero-order chi connectivity index (χ0) is 21.9. The standard InChI is InChI=1S/C14H18FN3O5S.C2H6.CH3Br/c1-7(22-8(2)19)13(20)24-6-9-3-4-11(23-9)18-5-10(15)12(16)17-14(18)21;2*1-2/h5,7,9,11H,3-4,6H2,1-2H3,(H2,16,17,21);1-2H3;1H3. The number of aromatic nitrogens is 2. The normalized spacial score (nSPS) is 18.8. The van der Waals surface area contributed by atoms with Crippen LogP contribution in [0.15, 0.2) is 11.0 Å². The Morgan fingerprint density at radius 1 is 1.46 bits per heavy atom. The quantitative estimate of drug-likeness (QED) is 0.502. The third-order valence-electron chi connectivity index (χ3n) is 3.42. The molecule has 2 rings (SSSR count). The molecule has 0 bridgehead atoms. The summed E-state index contributed by atoms with van der Waals surface area (Å²) in [6.45, 7) is 6.73. The molecular formula is C17H27BrFN3O5S. The molecule has 2 N–H and O–H groups in total. The van der Waals surface area contributed by atoms with Crippen LogP contribution in [0.25, 0.3) is 0 Å². The third-order valence-corrected chi connectivity index (χ3v) is 4.57. The molecule has 1 aromatic heterocycles. The van der Waals surface area contributed by atoms with Gasteiger partial charge in [-0.3, -0.25) is 14.2 Å². The Kier molecular flexibility index (Phi) is 13.0. The molecule has 2 heterocycles. The lowest BCUT2D eigenvalue weighted by Crippen LogP contribution is -2.29. The number of thioether (sulfide) groups is 1. The van der Waals surface area contributed by atoms with Crippen LogP contribution >= 0.6 is 27.7 Å². The molecule has 1 aromatic rings.